The van der Waals surface area contributed by atoms with Gasteiger partial charge in [-0.1, -0.05) is 0 Å². The van der Waals surface area contributed by atoms with Crippen LogP contribution in [0.25, 0.3) is 5.69 Å². The molecule has 0 atom stereocenters. The molecule has 182 valence electrons. The smallest absolute Gasteiger partial charge is 0.277 e. The predicted molar refractivity (Wildman–Crippen MR) is 136 cm³/mol. The van der Waals surface area contributed by atoms with Gasteiger partial charge in [-0.3, -0.25) is 9.79 Å². The Morgan fingerprint density at radius 3 is 2.26 bits per heavy atom. The molecule has 0 unspecified atom stereocenters. The summed E-state index contributed by atoms with van der Waals surface area (Å²) in [7, 11) is 3.06. The van der Waals surface area contributed by atoms with E-state index in [9.17, 15) is 4.79 Å². The van der Waals surface area contributed by atoms with Crippen LogP contribution in [0, 0.1) is 0 Å². The second-order valence-electron chi connectivity index (χ2n) is 8.22. The van der Waals surface area contributed by atoms with Gasteiger partial charge in [0.05, 0.1) is 31.9 Å². The lowest BCUT2D eigenvalue weighted by molar-refractivity contribution is -0.160. The van der Waals surface area contributed by atoms with Crippen molar-refractivity contribution in [3.63, 3.8) is 0 Å². The monoisotopic (exact) mass is 493 g/mol. The van der Waals surface area contributed by atoms with Crippen molar-refractivity contribution in [1.29, 1.82) is 0 Å². The summed E-state index contributed by atoms with van der Waals surface area (Å²) in [6.45, 7) is 4.41. The number of hydrogen-bond donors (Lipinski definition) is 0. The molecule has 0 bridgehead atoms. The minimum Gasteiger partial charge on any atom is -0.497 e. The Hall–Kier alpha value is -3.34. The number of rotatable bonds is 7. The lowest BCUT2D eigenvalue weighted by Gasteiger charge is -2.30. The van der Waals surface area contributed by atoms with Gasteiger partial charge in [-0.15, -0.1) is 0 Å². The van der Waals surface area contributed by atoms with E-state index in [2.05, 4.69) is 27.1 Å². The van der Waals surface area contributed by atoms with E-state index >= 15 is 0 Å². The molecule has 0 fully saturated rings. The number of nitrogens with zero attached hydrogens (tertiary/aromatic N) is 5. The van der Waals surface area contributed by atoms with Crippen LogP contribution in [0.15, 0.2) is 58.5 Å². The first-order valence-corrected chi connectivity index (χ1v) is 12.2. The molecule has 1 aromatic heterocycles. The van der Waals surface area contributed by atoms with Crippen molar-refractivity contribution in [3.8, 4) is 11.4 Å². The first kappa shape index (κ1) is 23.4. The van der Waals surface area contributed by atoms with Crippen LogP contribution in [0.5, 0.6) is 5.75 Å². The highest BCUT2D eigenvalue weighted by molar-refractivity contribution is 7.94. The van der Waals surface area contributed by atoms with Crippen molar-refractivity contribution >= 4 is 35.2 Å². The lowest BCUT2D eigenvalue weighted by Crippen LogP contribution is -2.39. The molecule has 0 aliphatic carbocycles. The molecule has 3 heterocycles. The van der Waals surface area contributed by atoms with E-state index in [1.165, 1.54) is 7.11 Å². The van der Waals surface area contributed by atoms with Crippen molar-refractivity contribution in [2.45, 2.75) is 24.8 Å². The Morgan fingerprint density at radius 2 is 1.60 bits per heavy atom. The first-order chi connectivity index (χ1) is 17.1. The molecular weight excluding hydrogens is 466 g/mol. The maximum absolute atomic E-state index is 13.8. The van der Waals surface area contributed by atoms with Gasteiger partial charge in [0.1, 0.15) is 17.3 Å². The Kier molecular flexibility index (Phi) is 6.76. The number of anilines is 2. The fraction of sp³-hybridized carbons (Fsp3) is 0.320. The Balaban J connectivity index is 1.47. The van der Waals surface area contributed by atoms with E-state index in [1.807, 2.05) is 43.3 Å². The van der Waals surface area contributed by atoms with Gasteiger partial charge in [0.15, 0.2) is 5.03 Å². The van der Waals surface area contributed by atoms with Gasteiger partial charge < -0.3 is 14.5 Å². The summed E-state index contributed by atoms with van der Waals surface area (Å²) < 4.78 is 12.0. The summed E-state index contributed by atoms with van der Waals surface area (Å²) in [4.78, 5) is 27.1. The number of methoxy groups -OCH3 is 1. The van der Waals surface area contributed by atoms with Crippen LogP contribution in [0.3, 0.4) is 0 Å². The van der Waals surface area contributed by atoms with Crippen molar-refractivity contribution in [3.05, 3.63) is 59.8 Å². The summed E-state index contributed by atoms with van der Waals surface area (Å²) in [5.41, 5.74) is 4.06. The highest BCUT2D eigenvalue weighted by Gasteiger charge is 2.34. The van der Waals surface area contributed by atoms with Crippen molar-refractivity contribution in [2.75, 3.05) is 43.7 Å². The van der Waals surface area contributed by atoms with Crippen LogP contribution in [0.4, 0.5) is 11.4 Å². The van der Waals surface area contributed by atoms with Crippen LogP contribution in [0.1, 0.15) is 29.4 Å². The number of fused-ring (bicyclic) bond motifs is 1. The zero-order chi connectivity index (χ0) is 24.4. The average molecular weight is 494 g/mol. The fourth-order valence-corrected chi connectivity index (χ4v) is 5.01. The standard InChI is InChI=1S/C25H27N5O4S/c1-17-26-14-4-15-28(17)18-5-7-19(8-6-18)29-16-13-22-23(25(29)31)30(27-24(22)35-34-33-3)20-9-11-21(32-2)12-10-20/h5-12H,4,13-16H2,1-3H3. The number of ether oxygens (including phenoxy) is 1. The van der Waals surface area contributed by atoms with Gasteiger partial charge >= 0.3 is 0 Å². The van der Waals surface area contributed by atoms with E-state index in [4.69, 9.17) is 14.0 Å². The van der Waals surface area contributed by atoms with Crippen molar-refractivity contribution < 1.29 is 18.8 Å². The number of aliphatic imine (C=N–C) groups is 1. The summed E-state index contributed by atoms with van der Waals surface area (Å²) in [5, 5.41) is 5.30. The third kappa shape index (κ3) is 4.52. The predicted octanol–water partition coefficient (Wildman–Crippen LogP) is 4.30. The topological polar surface area (TPSA) is 81.4 Å². The van der Waals surface area contributed by atoms with Gasteiger partial charge in [-0.2, -0.15) is 9.43 Å². The van der Waals surface area contributed by atoms with Gasteiger partial charge in [-0.05, 0) is 68.3 Å². The summed E-state index contributed by atoms with van der Waals surface area (Å²) >= 11 is 1.01. The van der Waals surface area contributed by atoms with E-state index < -0.39 is 0 Å². The van der Waals surface area contributed by atoms with Gasteiger partial charge in [0.25, 0.3) is 5.91 Å². The second kappa shape index (κ2) is 10.1. The van der Waals surface area contributed by atoms with Crippen molar-refractivity contribution in [1.82, 2.24) is 9.78 Å². The minimum atomic E-state index is -0.109. The Labute approximate surface area is 208 Å². The zero-order valence-corrected chi connectivity index (χ0v) is 20.7. The molecule has 0 saturated heterocycles. The SMILES string of the molecule is COOSc1nn(-c2ccc(OC)cc2)c2c1CCN(c1ccc(N3CCCN=C3C)cc1)C2=O. The molecule has 9 nitrogen and oxygen atoms in total. The number of amides is 1. The van der Waals surface area contributed by atoms with Crippen LogP contribution in [-0.4, -0.2) is 55.4 Å². The molecule has 10 heteroatoms. The molecule has 3 aromatic rings. The average Bonchev–Trinajstić information content (AvgIpc) is 3.27. The highest BCUT2D eigenvalue weighted by Crippen LogP contribution is 2.34. The van der Waals surface area contributed by atoms with Gasteiger partial charge in [0, 0.05) is 36.6 Å². The molecule has 0 radical (unpaired) electrons. The number of benzene rings is 2. The number of carbonyl (C=O) groups excluding carboxylic acids is 1. The summed E-state index contributed by atoms with van der Waals surface area (Å²) in [6, 6.07) is 15.5. The number of amidine groups is 1. The zero-order valence-electron chi connectivity index (χ0n) is 19.9. The number of aromatic nitrogens is 2. The maximum atomic E-state index is 13.8. The van der Waals surface area contributed by atoms with E-state index in [-0.39, 0.29) is 5.91 Å². The maximum Gasteiger partial charge on any atom is 0.277 e. The molecule has 1 amide bonds. The van der Waals surface area contributed by atoms with E-state index in [0.29, 0.717) is 23.7 Å². The highest BCUT2D eigenvalue weighted by atomic mass is 32.2. The quantitative estimate of drug-likeness (QED) is 0.276. The number of carbonyl (C=O) groups is 1. The van der Waals surface area contributed by atoms with Crippen LogP contribution < -0.4 is 14.5 Å². The molecule has 2 aliphatic rings. The van der Waals surface area contributed by atoms with Crippen molar-refractivity contribution in [2.24, 2.45) is 4.99 Å². The molecule has 5 rings (SSSR count). The first-order valence-electron chi connectivity index (χ1n) is 11.4. The lowest BCUT2D eigenvalue weighted by atomic mass is 10.1. The van der Waals surface area contributed by atoms with Gasteiger partial charge in [-0.25, -0.2) is 9.57 Å². The largest absolute Gasteiger partial charge is 0.497 e. The molecular formula is C25H27N5O4S. The van der Waals surface area contributed by atoms with Crippen LogP contribution >= 0.6 is 12.0 Å². The third-order valence-corrected chi connectivity index (χ3v) is 6.91. The van der Waals surface area contributed by atoms with E-state index in [1.54, 1.807) is 16.7 Å². The molecule has 0 spiro atoms. The Morgan fingerprint density at radius 1 is 0.914 bits per heavy atom. The molecule has 35 heavy (non-hydrogen) atoms. The molecule has 0 N–H and O–H groups in total. The number of hydrogen-bond acceptors (Lipinski definition) is 8. The molecule has 2 aliphatic heterocycles. The molecule has 0 saturated carbocycles. The normalized spacial score (nSPS) is 15.7. The van der Waals surface area contributed by atoms with Crippen LogP contribution in [0.2, 0.25) is 0 Å². The summed E-state index contributed by atoms with van der Waals surface area (Å²) in [6.07, 6.45) is 1.68. The second-order valence-corrected chi connectivity index (χ2v) is 8.91. The summed E-state index contributed by atoms with van der Waals surface area (Å²) in [5.74, 6) is 1.64. The van der Waals surface area contributed by atoms with E-state index in [0.717, 1.165) is 65.8 Å². The van der Waals surface area contributed by atoms with Gasteiger partial charge in [0.2, 0.25) is 0 Å². The molecule has 2 aromatic carbocycles. The third-order valence-electron chi connectivity index (χ3n) is 6.22. The Bertz CT molecular complexity index is 1240. The van der Waals surface area contributed by atoms with Crippen LogP contribution in [-0.2, 0) is 15.6 Å². The fourth-order valence-electron chi connectivity index (χ4n) is 4.46. The minimum absolute atomic E-state index is 0.109.